The van der Waals surface area contributed by atoms with E-state index in [0.29, 0.717) is 17.8 Å². The minimum Gasteiger partial charge on any atom is -0.389 e. The SMILES string of the molecule is CC(C)c1ccc(CC2(O)C3CC4CC(C3)CC2C4)cc1. The third-order valence-electron chi connectivity index (χ3n) is 6.69. The molecule has 0 atom stereocenters. The molecular weight excluding hydrogens is 256 g/mol. The molecule has 0 unspecified atom stereocenters. The van der Waals surface area contributed by atoms with Gasteiger partial charge >= 0.3 is 0 Å². The highest BCUT2D eigenvalue weighted by atomic mass is 16.3. The average molecular weight is 284 g/mol. The highest BCUT2D eigenvalue weighted by Crippen LogP contribution is 2.59. The second kappa shape index (κ2) is 4.84. The van der Waals surface area contributed by atoms with Gasteiger partial charge in [-0.3, -0.25) is 0 Å². The highest BCUT2D eigenvalue weighted by molar-refractivity contribution is 5.27. The van der Waals surface area contributed by atoms with Crippen LogP contribution in [0.1, 0.15) is 63.0 Å². The Morgan fingerprint density at radius 1 is 0.952 bits per heavy atom. The van der Waals surface area contributed by atoms with Crippen LogP contribution in [0.4, 0.5) is 0 Å². The molecule has 114 valence electrons. The summed E-state index contributed by atoms with van der Waals surface area (Å²) in [5.41, 5.74) is 2.32. The van der Waals surface area contributed by atoms with E-state index in [1.807, 2.05) is 0 Å². The first-order valence-corrected chi connectivity index (χ1v) is 8.86. The molecule has 4 fully saturated rings. The molecule has 1 aromatic carbocycles. The van der Waals surface area contributed by atoms with E-state index in [-0.39, 0.29) is 0 Å². The lowest BCUT2D eigenvalue weighted by molar-refractivity contribution is -0.171. The Labute approximate surface area is 128 Å². The van der Waals surface area contributed by atoms with E-state index in [9.17, 15) is 5.11 Å². The number of benzene rings is 1. The van der Waals surface area contributed by atoms with Gasteiger partial charge in [0.25, 0.3) is 0 Å². The van der Waals surface area contributed by atoms with Crippen LogP contribution in [0.2, 0.25) is 0 Å². The lowest BCUT2D eigenvalue weighted by Crippen LogP contribution is -2.58. The summed E-state index contributed by atoms with van der Waals surface area (Å²) in [5.74, 6) is 3.58. The predicted octanol–water partition coefficient (Wildman–Crippen LogP) is 4.54. The van der Waals surface area contributed by atoms with Crippen molar-refractivity contribution in [2.45, 2.75) is 63.9 Å². The van der Waals surface area contributed by atoms with Gasteiger partial charge in [0.05, 0.1) is 5.60 Å². The van der Waals surface area contributed by atoms with Crippen LogP contribution < -0.4 is 0 Å². The van der Waals surface area contributed by atoms with Gasteiger partial charge in [0.1, 0.15) is 0 Å². The molecule has 0 aromatic heterocycles. The number of aliphatic hydroxyl groups is 1. The van der Waals surface area contributed by atoms with Crippen molar-refractivity contribution in [3.63, 3.8) is 0 Å². The van der Waals surface area contributed by atoms with Crippen LogP contribution in [0.3, 0.4) is 0 Å². The molecule has 4 bridgehead atoms. The lowest BCUT2D eigenvalue weighted by atomic mass is 9.49. The van der Waals surface area contributed by atoms with Gasteiger partial charge < -0.3 is 5.11 Å². The second-order valence-corrected chi connectivity index (χ2v) is 8.37. The Hall–Kier alpha value is -0.820. The van der Waals surface area contributed by atoms with Gasteiger partial charge in [0.2, 0.25) is 0 Å². The van der Waals surface area contributed by atoms with Gasteiger partial charge in [0, 0.05) is 6.42 Å². The Morgan fingerprint density at radius 2 is 1.48 bits per heavy atom. The Balaban J connectivity index is 1.55. The van der Waals surface area contributed by atoms with Gasteiger partial charge in [-0.15, -0.1) is 0 Å². The van der Waals surface area contributed by atoms with Gasteiger partial charge in [-0.05, 0) is 72.8 Å². The van der Waals surface area contributed by atoms with E-state index in [0.717, 1.165) is 18.3 Å². The molecule has 21 heavy (non-hydrogen) atoms. The van der Waals surface area contributed by atoms with E-state index in [2.05, 4.69) is 38.1 Å². The molecule has 5 rings (SSSR count). The first kappa shape index (κ1) is 13.8. The molecule has 1 N–H and O–H groups in total. The maximum Gasteiger partial charge on any atom is 0.0744 e. The Kier molecular flexibility index (Phi) is 3.19. The molecule has 0 radical (unpaired) electrons. The van der Waals surface area contributed by atoms with Crippen LogP contribution in [0, 0.1) is 23.7 Å². The van der Waals surface area contributed by atoms with Crippen molar-refractivity contribution < 1.29 is 5.11 Å². The van der Waals surface area contributed by atoms with Crippen molar-refractivity contribution >= 4 is 0 Å². The van der Waals surface area contributed by atoms with Crippen LogP contribution >= 0.6 is 0 Å². The van der Waals surface area contributed by atoms with Crippen LogP contribution in [-0.4, -0.2) is 10.7 Å². The molecule has 4 saturated carbocycles. The van der Waals surface area contributed by atoms with Crippen LogP contribution in [-0.2, 0) is 6.42 Å². The second-order valence-electron chi connectivity index (χ2n) is 8.37. The first-order chi connectivity index (χ1) is 10.0. The highest BCUT2D eigenvalue weighted by Gasteiger charge is 2.56. The lowest BCUT2D eigenvalue weighted by Gasteiger charge is -2.59. The molecule has 1 heteroatoms. The summed E-state index contributed by atoms with van der Waals surface area (Å²) in [7, 11) is 0. The summed E-state index contributed by atoms with van der Waals surface area (Å²) in [4.78, 5) is 0. The summed E-state index contributed by atoms with van der Waals surface area (Å²) in [6, 6.07) is 9.00. The fourth-order valence-electron chi connectivity index (χ4n) is 5.64. The molecule has 0 heterocycles. The Bertz CT molecular complexity index is 485. The standard InChI is InChI=1S/C20H28O/c1-13(2)17-5-3-14(4-6-17)12-20(21)18-8-15-7-16(10-18)11-19(20)9-15/h3-6,13,15-16,18-19,21H,7-12H2,1-2H3. The topological polar surface area (TPSA) is 20.2 Å². The molecule has 4 aliphatic carbocycles. The number of rotatable bonds is 3. The minimum atomic E-state index is -0.410. The van der Waals surface area contributed by atoms with E-state index < -0.39 is 5.60 Å². The van der Waals surface area contributed by atoms with E-state index in [1.165, 1.54) is 43.2 Å². The van der Waals surface area contributed by atoms with Crippen molar-refractivity contribution in [1.82, 2.24) is 0 Å². The normalized spacial score (nSPS) is 41.0. The maximum absolute atomic E-state index is 11.4. The summed E-state index contributed by atoms with van der Waals surface area (Å²) >= 11 is 0. The zero-order chi connectivity index (χ0) is 14.6. The van der Waals surface area contributed by atoms with Gasteiger partial charge in [0.15, 0.2) is 0 Å². The van der Waals surface area contributed by atoms with Gasteiger partial charge in [-0.1, -0.05) is 38.1 Å². The quantitative estimate of drug-likeness (QED) is 0.864. The van der Waals surface area contributed by atoms with Crippen LogP contribution in [0.5, 0.6) is 0 Å². The molecular formula is C20H28O. The average Bonchev–Trinajstić information content (AvgIpc) is 2.45. The molecule has 0 aliphatic heterocycles. The van der Waals surface area contributed by atoms with E-state index >= 15 is 0 Å². The molecule has 0 saturated heterocycles. The third kappa shape index (κ3) is 2.25. The number of hydrogen-bond acceptors (Lipinski definition) is 1. The summed E-state index contributed by atoms with van der Waals surface area (Å²) in [6.45, 7) is 4.47. The molecule has 0 spiro atoms. The minimum absolute atomic E-state index is 0.410. The van der Waals surface area contributed by atoms with Crippen molar-refractivity contribution in [2.75, 3.05) is 0 Å². The zero-order valence-electron chi connectivity index (χ0n) is 13.4. The summed E-state index contributed by atoms with van der Waals surface area (Å²) < 4.78 is 0. The maximum atomic E-state index is 11.4. The third-order valence-corrected chi connectivity index (χ3v) is 6.69. The monoisotopic (exact) mass is 284 g/mol. The van der Waals surface area contributed by atoms with E-state index in [1.54, 1.807) is 0 Å². The first-order valence-electron chi connectivity index (χ1n) is 8.86. The predicted molar refractivity (Wildman–Crippen MR) is 86.2 cm³/mol. The van der Waals surface area contributed by atoms with Crippen LogP contribution in [0.15, 0.2) is 24.3 Å². The molecule has 4 aliphatic rings. The summed E-state index contributed by atoms with van der Waals surface area (Å²) in [5, 5.41) is 11.4. The van der Waals surface area contributed by atoms with Crippen molar-refractivity contribution in [3.8, 4) is 0 Å². The van der Waals surface area contributed by atoms with Crippen molar-refractivity contribution in [3.05, 3.63) is 35.4 Å². The molecule has 1 nitrogen and oxygen atoms in total. The van der Waals surface area contributed by atoms with Gasteiger partial charge in [-0.25, -0.2) is 0 Å². The van der Waals surface area contributed by atoms with Crippen LogP contribution in [0.25, 0.3) is 0 Å². The zero-order valence-corrected chi connectivity index (χ0v) is 13.4. The molecule has 1 aromatic rings. The number of hydrogen-bond donors (Lipinski definition) is 1. The van der Waals surface area contributed by atoms with Crippen molar-refractivity contribution in [2.24, 2.45) is 23.7 Å². The Morgan fingerprint density at radius 3 is 1.95 bits per heavy atom. The largest absolute Gasteiger partial charge is 0.389 e. The van der Waals surface area contributed by atoms with Gasteiger partial charge in [-0.2, -0.15) is 0 Å². The van der Waals surface area contributed by atoms with E-state index in [4.69, 9.17) is 0 Å². The smallest absolute Gasteiger partial charge is 0.0744 e. The van der Waals surface area contributed by atoms with Crippen molar-refractivity contribution in [1.29, 1.82) is 0 Å². The molecule has 0 amide bonds. The fraction of sp³-hybridized carbons (Fsp3) is 0.700. The fourth-order valence-corrected chi connectivity index (χ4v) is 5.64. The summed E-state index contributed by atoms with van der Waals surface area (Å²) in [6.07, 6.45) is 7.47.